The van der Waals surface area contributed by atoms with Crippen LogP contribution in [0.5, 0.6) is 0 Å². The molecule has 1 unspecified atom stereocenters. The van der Waals surface area contributed by atoms with Crippen LogP contribution < -0.4 is 5.32 Å². The standard InChI is InChI=1S/C21H21ClN4OS/c1-4-13-26-19(16-9-11-17(22)12-10-16)24-25-21(26)28-15(3)20(27)23-18-8-6-5-7-14(18)2/h4-12,15H,1,13H2,2-3H3,(H,23,27). The van der Waals surface area contributed by atoms with Crippen molar-refractivity contribution in [2.45, 2.75) is 30.8 Å². The van der Waals surface area contributed by atoms with Crippen molar-refractivity contribution in [3.8, 4) is 11.4 Å². The van der Waals surface area contributed by atoms with Crippen LogP contribution in [-0.2, 0) is 11.3 Å². The van der Waals surface area contributed by atoms with Gasteiger partial charge in [0, 0.05) is 22.8 Å². The number of carbonyl (C=O) groups excluding carboxylic acids is 1. The van der Waals surface area contributed by atoms with Gasteiger partial charge in [-0.1, -0.05) is 47.6 Å². The molecule has 144 valence electrons. The third kappa shape index (κ3) is 4.64. The summed E-state index contributed by atoms with van der Waals surface area (Å²) in [6.07, 6.45) is 1.78. The van der Waals surface area contributed by atoms with Gasteiger partial charge in [-0.25, -0.2) is 0 Å². The van der Waals surface area contributed by atoms with Crippen LogP contribution in [-0.4, -0.2) is 25.9 Å². The molecule has 7 heteroatoms. The number of anilines is 1. The fraction of sp³-hybridized carbons (Fsp3) is 0.190. The van der Waals surface area contributed by atoms with Crippen LogP contribution in [0.25, 0.3) is 11.4 Å². The highest BCUT2D eigenvalue weighted by Gasteiger charge is 2.21. The Hall–Kier alpha value is -2.57. The molecule has 0 aliphatic rings. The Morgan fingerprint density at radius 2 is 1.96 bits per heavy atom. The van der Waals surface area contributed by atoms with Crippen molar-refractivity contribution in [1.29, 1.82) is 0 Å². The summed E-state index contributed by atoms with van der Waals surface area (Å²) in [4.78, 5) is 12.6. The summed E-state index contributed by atoms with van der Waals surface area (Å²) >= 11 is 7.34. The van der Waals surface area contributed by atoms with Crippen molar-refractivity contribution < 1.29 is 4.79 Å². The number of rotatable bonds is 7. The molecule has 1 N–H and O–H groups in total. The van der Waals surface area contributed by atoms with Crippen LogP contribution >= 0.6 is 23.4 Å². The van der Waals surface area contributed by atoms with Gasteiger partial charge >= 0.3 is 0 Å². The van der Waals surface area contributed by atoms with Crippen molar-refractivity contribution in [2.75, 3.05) is 5.32 Å². The van der Waals surface area contributed by atoms with Gasteiger partial charge in [-0.15, -0.1) is 16.8 Å². The van der Waals surface area contributed by atoms with E-state index in [1.54, 1.807) is 6.08 Å². The monoisotopic (exact) mass is 412 g/mol. The molecule has 0 radical (unpaired) electrons. The fourth-order valence-electron chi connectivity index (χ4n) is 2.64. The van der Waals surface area contributed by atoms with Gasteiger partial charge in [-0.3, -0.25) is 9.36 Å². The lowest BCUT2D eigenvalue weighted by molar-refractivity contribution is -0.115. The summed E-state index contributed by atoms with van der Waals surface area (Å²) in [5.74, 6) is 0.631. The molecule has 28 heavy (non-hydrogen) atoms. The molecule has 1 amide bonds. The summed E-state index contributed by atoms with van der Waals surface area (Å²) in [6.45, 7) is 8.18. The highest BCUT2D eigenvalue weighted by Crippen LogP contribution is 2.28. The van der Waals surface area contributed by atoms with Crippen molar-refractivity contribution >= 4 is 35.0 Å². The van der Waals surface area contributed by atoms with E-state index in [4.69, 9.17) is 11.6 Å². The Bertz CT molecular complexity index is 984. The van der Waals surface area contributed by atoms with Crippen molar-refractivity contribution in [3.05, 3.63) is 71.8 Å². The molecule has 0 saturated carbocycles. The lowest BCUT2D eigenvalue weighted by Crippen LogP contribution is -2.23. The molecule has 1 heterocycles. The molecule has 3 rings (SSSR count). The molecule has 5 nitrogen and oxygen atoms in total. The second-order valence-electron chi connectivity index (χ2n) is 6.28. The minimum absolute atomic E-state index is 0.0829. The number of amides is 1. The van der Waals surface area contributed by atoms with E-state index < -0.39 is 0 Å². The average Bonchev–Trinajstić information content (AvgIpc) is 3.07. The van der Waals surface area contributed by atoms with E-state index in [9.17, 15) is 4.79 Å². The second kappa shape index (κ2) is 9.08. The molecule has 2 aromatic carbocycles. The minimum atomic E-state index is -0.342. The first-order chi connectivity index (χ1) is 13.5. The van der Waals surface area contributed by atoms with E-state index in [2.05, 4.69) is 22.1 Å². The van der Waals surface area contributed by atoms with Crippen molar-refractivity contribution in [3.63, 3.8) is 0 Å². The van der Waals surface area contributed by atoms with Crippen LogP contribution in [0.4, 0.5) is 5.69 Å². The van der Waals surface area contributed by atoms with Gasteiger partial charge in [-0.2, -0.15) is 0 Å². The Balaban J connectivity index is 1.79. The highest BCUT2D eigenvalue weighted by molar-refractivity contribution is 8.00. The lowest BCUT2D eigenvalue weighted by Gasteiger charge is -2.14. The van der Waals surface area contributed by atoms with Crippen molar-refractivity contribution in [2.24, 2.45) is 0 Å². The number of nitrogens with one attached hydrogen (secondary N) is 1. The van der Waals surface area contributed by atoms with E-state index in [-0.39, 0.29) is 11.2 Å². The van der Waals surface area contributed by atoms with Gasteiger partial charge in [0.1, 0.15) is 0 Å². The van der Waals surface area contributed by atoms with Crippen LogP contribution in [0.2, 0.25) is 5.02 Å². The number of hydrogen-bond donors (Lipinski definition) is 1. The summed E-state index contributed by atoms with van der Waals surface area (Å²) in [5.41, 5.74) is 2.74. The lowest BCUT2D eigenvalue weighted by atomic mass is 10.2. The number of halogens is 1. The molecule has 0 aliphatic carbocycles. The van der Waals surface area contributed by atoms with Gasteiger partial charge < -0.3 is 5.32 Å². The van der Waals surface area contributed by atoms with E-state index in [0.29, 0.717) is 22.5 Å². The predicted octanol–water partition coefficient (Wildman–Crippen LogP) is 5.21. The topological polar surface area (TPSA) is 59.8 Å². The highest BCUT2D eigenvalue weighted by atomic mass is 35.5. The zero-order valence-corrected chi connectivity index (χ0v) is 17.3. The molecular formula is C21H21ClN4OS. The molecular weight excluding hydrogens is 392 g/mol. The maximum atomic E-state index is 12.6. The fourth-order valence-corrected chi connectivity index (χ4v) is 3.63. The number of hydrogen-bond acceptors (Lipinski definition) is 4. The zero-order valence-electron chi connectivity index (χ0n) is 15.7. The van der Waals surface area contributed by atoms with Crippen LogP contribution in [0, 0.1) is 6.92 Å². The number of benzene rings is 2. The van der Waals surface area contributed by atoms with Gasteiger partial charge in [0.05, 0.1) is 5.25 Å². The maximum Gasteiger partial charge on any atom is 0.237 e. The van der Waals surface area contributed by atoms with E-state index in [0.717, 1.165) is 16.8 Å². The molecule has 1 atom stereocenters. The first-order valence-electron chi connectivity index (χ1n) is 8.82. The minimum Gasteiger partial charge on any atom is -0.325 e. The third-order valence-electron chi connectivity index (χ3n) is 4.19. The molecule has 0 bridgehead atoms. The van der Waals surface area contributed by atoms with Crippen LogP contribution in [0.3, 0.4) is 0 Å². The summed E-state index contributed by atoms with van der Waals surface area (Å²) in [5, 5.41) is 12.6. The first kappa shape index (κ1) is 20.2. The number of aryl methyl sites for hydroxylation is 1. The van der Waals surface area contributed by atoms with Crippen molar-refractivity contribution in [1.82, 2.24) is 14.8 Å². The smallest absolute Gasteiger partial charge is 0.237 e. The average molecular weight is 413 g/mol. The Morgan fingerprint density at radius 1 is 1.25 bits per heavy atom. The van der Waals surface area contributed by atoms with E-state index >= 15 is 0 Å². The van der Waals surface area contributed by atoms with Gasteiger partial charge in [0.25, 0.3) is 0 Å². The third-order valence-corrected chi connectivity index (χ3v) is 5.52. The van der Waals surface area contributed by atoms with Gasteiger partial charge in [-0.05, 0) is 49.7 Å². The maximum absolute atomic E-state index is 12.6. The molecule has 0 fully saturated rings. The molecule has 0 saturated heterocycles. The zero-order chi connectivity index (χ0) is 20.1. The SMILES string of the molecule is C=CCn1c(SC(C)C(=O)Nc2ccccc2C)nnc1-c1ccc(Cl)cc1. The van der Waals surface area contributed by atoms with Crippen LogP contribution in [0.1, 0.15) is 12.5 Å². The first-order valence-corrected chi connectivity index (χ1v) is 10.1. The van der Waals surface area contributed by atoms with Gasteiger partial charge in [0.15, 0.2) is 11.0 Å². The normalized spacial score (nSPS) is 11.8. The van der Waals surface area contributed by atoms with Gasteiger partial charge in [0.2, 0.25) is 5.91 Å². The quantitative estimate of drug-likeness (QED) is 0.427. The summed E-state index contributed by atoms with van der Waals surface area (Å²) in [7, 11) is 0. The summed E-state index contributed by atoms with van der Waals surface area (Å²) < 4.78 is 1.94. The Kier molecular flexibility index (Phi) is 6.54. The number of nitrogens with zero attached hydrogens (tertiary/aromatic N) is 3. The Labute approximate surface area is 173 Å². The second-order valence-corrected chi connectivity index (χ2v) is 8.02. The number of allylic oxidation sites excluding steroid dienone is 1. The van der Waals surface area contributed by atoms with E-state index in [1.165, 1.54) is 11.8 Å². The number of aromatic nitrogens is 3. The molecule has 1 aromatic heterocycles. The number of carbonyl (C=O) groups is 1. The summed E-state index contributed by atoms with van der Waals surface area (Å²) in [6, 6.07) is 15.1. The molecule has 0 spiro atoms. The predicted molar refractivity (Wildman–Crippen MR) is 116 cm³/mol. The van der Waals surface area contributed by atoms with Crippen LogP contribution in [0.15, 0.2) is 66.3 Å². The van der Waals surface area contributed by atoms with E-state index in [1.807, 2.05) is 66.9 Å². The Morgan fingerprint density at radius 3 is 2.64 bits per heavy atom. The molecule has 3 aromatic rings. The number of thioether (sulfide) groups is 1. The number of para-hydroxylation sites is 1. The molecule has 0 aliphatic heterocycles. The largest absolute Gasteiger partial charge is 0.325 e.